The maximum atomic E-state index is 12.0. The minimum absolute atomic E-state index is 0.0657. The zero-order valence-corrected chi connectivity index (χ0v) is 10.2. The molecule has 1 aliphatic heterocycles. The number of nitrogens with two attached hydrogens (primary N) is 1. The van der Waals surface area contributed by atoms with Crippen LogP contribution in [0.15, 0.2) is 12.7 Å². The molecule has 1 unspecified atom stereocenters. The summed E-state index contributed by atoms with van der Waals surface area (Å²) >= 11 is 0. The molecule has 0 aliphatic carbocycles. The summed E-state index contributed by atoms with van der Waals surface area (Å²) in [5.74, 6) is 0.319. The fourth-order valence-electron chi connectivity index (χ4n) is 2.02. The number of rotatable bonds is 5. The molecule has 0 radical (unpaired) electrons. The SMILES string of the molecule is C=CCN1CCN(C(=O)C(C)CCN)CC1. The molecule has 0 saturated carbocycles. The molecule has 0 spiro atoms. The highest BCUT2D eigenvalue weighted by atomic mass is 16.2. The van der Waals surface area contributed by atoms with Crippen LogP contribution in [0.2, 0.25) is 0 Å². The molecular formula is C12H23N3O. The van der Waals surface area contributed by atoms with Crippen LogP contribution in [-0.2, 0) is 4.79 Å². The maximum absolute atomic E-state index is 12.0. The van der Waals surface area contributed by atoms with Crippen LogP contribution in [0.25, 0.3) is 0 Å². The lowest BCUT2D eigenvalue weighted by atomic mass is 10.1. The van der Waals surface area contributed by atoms with Gasteiger partial charge in [-0.1, -0.05) is 13.0 Å². The topological polar surface area (TPSA) is 49.6 Å². The third-order valence-corrected chi connectivity index (χ3v) is 3.09. The maximum Gasteiger partial charge on any atom is 0.225 e. The first-order chi connectivity index (χ1) is 7.69. The van der Waals surface area contributed by atoms with Crippen LogP contribution in [0.3, 0.4) is 0 Å². The zero-order valence-electron chi connectivity index (χ0n) is 10.2. The van der Waals surface area contributed by atoms with Gasteiger partial charge in [0, 0.05) is 38.6 Å². The summed E-state index contributed by atoms with van der Waals surface area (Å²) in [6, 6.07) is 0. The molecule has 1 fully saturated rings. The Morgan fingerprint density at radius 2 is 2.06 bits per heavy atom. The van der Waals surface area contributed by atoms with Gasteiger partial charge in [-0.15, -0.1) is 6.58 Å². The Kier molecular flexibility index (Phi) is 5.49. The van der Waals surface area contributed by atoms with Crippen molar-refractivity contribution in [3.8, 4) is 0 Å². The van der Waals surface area contributed by atoms with Crippen LogP contribution in [-0.4, -0.2) is 55.0 Å². The second-order valence-electron chi connectivity index (χ2n) is 4.39. The smallest absolute Gasteiger partial charge is 0.225 e. The average molecular weight is 225 g/mol. The van der Waals surface area contributed by atoms with E-state index in [4.69, 9.17) is 5.73 Å². The molecular weight excluding hydrogens is 202 g/mol. The van der Waals surface area contributed by atoms with Crippen LogP contribution in [0, 0.1) is 5.92 Å². The standard InChI is InChI=1S/C12H23N3O/c1-3-6-14-7-9-15(10-8-14)12(16)11(2)4-5-13/h3,11H,1,4-10,13H2,2H3. The first kappa shape index (κ1) is 13.2. The predicted molar refractivity (Wildman–Crippen MR) is 66.1 cm³/mol. The average Bonchev–Trinajstić information content (AvgIpc) is 2.30. The van der Waals surface area contributed by atoms with E-state index in [0.717, 1.165) is 39.1 Å². The molecule has 1 rings (SSSR count). The molecule has 16 heavy (non-hydrogen) atoms. The van der Waals surface area contributed by atoms with E-state index in [0.29, 0.717) is 6.54 Å². The summed E-state index contributed by atoms with van der Waals surface area (Å²) in [6.45, 7) is 10.8. The van der Waals surface area contributed by atoms with E-state index in [-0.39, 0.29) is 11.8 Å². The second-order valence-corrected chi connectivity index (χ2v) is 4.39. The van der Waals surface area contributed by atoms with Gasteiger partial charge in [0.05, 0.1) is 0 Å². The van der Waals surface area contributed by atoms with E-state index in [1.165, 1.54) is 0 Å². The highest BCUT2D eigenvalue weighted by molar-refractivity contribution is 5.78. The Balaban J connectivity index is 2.35. The van der Waals surface area contributed by atoms with E-state index in [2.05, 4.69) is 11.5 Å². The Morgan fingerprint density at radius 3 is 2.56 bits per heavy atom. The third kappa shape index (κ3) is 3.61. The molecule has 1 aliphatic rings. The van der Waals surface area contributed by atoms with Crippen LogP contribution in [0.1, 0.15) is 13.3 Å². The molecule has 2 N–H and O–H groups in total. The molecule has 1 amide bonds. The van der Waals surface area contributed by atoms with Crippen LogP contribution < -0.4 is 5.73 Å². The van der Waals surface area contributed by atoms with Gasteiger partial charge in [0.1, 0.15) is 0 Å². The number of amides is 1. The number of nitrogens with zero attached hydrogens (tertiary/aromatic N) is 2. The Hall–Kier alpha value is -0.870. The molecule has 0 aromatic carbocycles. The molecule has 0 aromatic rings. The summed E-state index contributed by atoms with van der Waals surface area (Å²) in [6.07, 6.45) is 2.69. The second kappa shape index (κ2) is 6.66. The highest BCUT2D eigenvalue weighted by Gasteiger charge is 2.23. The molecule has 4 heteroatoms. The summed E-state index contributed by atoms with van der Waals surface area (Å²) in [4.78, 5) is 16.3. The molecule has 1 atom stereocenters. The summed E-state index contributed by atoms with van der Waals surface area (Å²) in [5, 5.41) is 0. The summed E-state index contributed by atoms with van der Waals surface area (Å²) in [7, 11) is 0. The fourth-order valence-corrected chi connectivity index (χ4v) is 2.02. The van der Waals surface area contributed by atoms with E-state index >= 15 is 0 Å². The lowest BCUT2D eigenvalue weighted by molar-refractivity contribution is -0.136. The third-order valence-electron chi connectivity index (χ3n) is 3.09. The van der Waals surface area contributed by atoms with Crippen LogP contribution in [0.5, 0.6) is 0 Å². The molecule has 92 valence electrons. The minimum Gasteiger partial charge on any atom is -0.340 e. The molecule has 1 saturated heterocycles. The normalized spacial score (nSPS) is 19.5. The van der Waals surface area contributed by atoms with Crippen LogP contribution in [0.4, 0.5) is 0 Å². The lowest BCUT2D eigenvalue weighted by Crippen LogP contribution is -2.50. The number of carbonyl (C=O) groups is 1. The van der Waals surface area contributed by atoms with Gasteiger partial charge in [-0.25, -0.2) is 0 Å². The van der Waals surface area contributed by atoms with Gasteiger partial charge in [0.2, 0.25) is 5.91 Å². The van der Waals surface area contributed by atoms with E-state index < -0.39 is 0 Å². The van der Waals surface area contributed by atoms with Crippen molar-refractivity contribution in [3.63, 3.8) is 0 Å². The van der Waals surface area contributed by atoms with Crippen molar-refractivity contribution < 1.29 is 4.79 Å². The highest BCUT2D eigenvalue weighted by Crippen LogP contribution is 2.09. The van der Waals surface area contributed by atoms with Gasteiger partial charge in [-0.05, 0) is 13.0 Å². The van der Waals surface area contributed by atoms with Gasteiger partial charge in [-0.2, -0.15) is 0 Å². The van der Waals surface area contributed by atoms with Crippen molar-refractivity contribution in [2.75, 3.05) is 39.3 Å². The quantitative estimate of drug-likeness (QED) is 0.685. The Morgan fingerprint density at radius 1 is 1.44 bits per heavy atom. The van der Waals surface area contributed by atoms with E-state index in [1.54, 1.807) is 0 Å². The monoisotopic (exact) mass is 225 g/mol. The predicted octanol–water partition coefficient (Wildman–Crippen LogP) is 0.302. The van der Waals surface area contributed by atoms with Gasteiger partial charge < -0.3 is 10.6 Å². The van der Waals surface area contributed by atoms with Crippen molar-refractivity contribution in [3.05, 3.63) is 12.7 Å². The van der Waals surface area contributed by atoms with Crippen molar-refractivity contribution in [2.45, 2.75) is 13.3 Å². The van der Waals surface area contributed by atoms with Crippen molar-refractivity contribution in [1.82, 2.24) is 9.80 Å². The van der Waals surface area contributed by atoms with Crippen molar-refractivity contribution in [2.24, 2.45) is 11.7 Å². The van der Waals surface area contributed by atoms with Crippen molar-refractivity contribution >= 4 is 5.91 Å². The fraction of sp³-hybridized carbons (Fsp3) is 0.750. The largest absolute Gasteiger partial charge is 0.340 e. The number of hydrogen-bond donors (Lipinski definition) is 1. The number of hydrogen-bond acceptors (Lipinski definition) is 3. The molecule has 0 aromatic heterocycles. The molecule has 0 bridgehead atoms. The van der Waals surface area contributed by atoms with Gasteiger partial charge in [-0.3, -0.25) is 9.69 Å². The lowest BCUT2D eigenvalue weighted by Gasteiger charge is -2.35. The Bertz CT molecular complexity index is 234. The Labute approximate surface area is 98.1 Å². The molecule has 1 heterocycles. The summed E-state index contributed by atoms with van der Waals surface area (Å²) in [5.41, 5.74) is 5.47. The van der Waals surface area contributed by atoms with Gasteiger partial charge >= 0.3 is 0 Å². The minimum atomic E-state index is 0.0657. The van der Waals surface area contributed by atoms with Gasteiger partial charge in [0.15, 0.2) is 0 Å². The number of piperazine rings is 1. The first-order valence-corrected chi connectivity index (χ1v) is 6.01. The van der Waals surface area contributed by atoms with Crippen LogP contribution >= 0.6 is 0 Å². The summed E-state index contributed by atoms with van der Waals surface area (Å²) < 4.78 is 0. The van der Waals surface area contributed by atoms with Gasteiger partial charge in [0.25, 0.3) is 0 Å². The zero-order chi connectivity index (χ0) is 12.0. The first-order valence-electron chi connectivity index (χ1n) is 6.01. The van der Waals surface area contributed by atoms with E-state index in [9.17, 15) is 4.79 Å². The van der Waals surface area contributed by atoms with Crippen molar-refractivity contribution in [1.29, 1.82) is 0 Å². The molecule has 4 nitrogen and oxygen atoms in total. The van der Waals surface area contributed by atoms with E-state index in [1.807, 2.05) is 17.9 Å². The number of carbonyl (C=O) groups excluding carboxylic acids is 1.